The van der Waals surface area contributed by atoms with Gasteiger partial charge in [-0.05, 0) is 20.8 Å². The first-order chi connectivity index (χ1) is 17.9. The molecule has 0 spiro atoms. The summed E-state index contributed by atoms with van der Waals surface area (Å²) in [7, 11) is 0. The predicted octanol–water partition coefficient (Wildman–Crippen LogP) is -0.405. The number of amides is 3. The summed E-state index contributed by atoms with van der Waals surface area (Å²) < 4.78 is 5.19. The van der Waals surface area contributed by atoms with Crippen LogP contribution in [0.5, 0.6) is 0 Å². The number of thiazole rings is 1. The largest absolute Gasteiger partial charge is 0.478 e. The third-order valence-corrected chi connectivity index (χ3v) is 6.14. The number of nitrogens with zero attached hydrogens (tertiary/aromatic N) is 5. The molecule has 0 unspecified atom stereocenters. The zero-order valence-corrected chi connectivity index (χ0v) is 21.4. The minimum Gasteiger partial charge on any atom is -0.478 e. The first-order valence-electron chi connectivity index (χ1n) is 11.5. The molecule has 1 saturated heterocycles. The number of carbonyl (C=O) groups excluding carboxylic acids is 3. The third-order valence-electron chi connectivity index (χ3n) is 5.38. The Hall–Kier alpha value is -4.12. The monoisotopic (exact) mass is 550 g/mol. The highest BCUT2D eigenvalue weighted by atomic mass is 32.1. The molecule has 16 nitrogen and oxygen atoms in total. The summed E-state index contributed by atoms with van der Waals surface area (Å²) in [6.45, 7) is 4.90. The molecular weight excluding hydrogens is 524 g/mol. The van der Waals surface area contributed by atoms with E-state index in [-0.39, 0.29) is 42.5 Å². The molecular formula is C21H26N8O8S. The van der Waals surface area contributed by atoms with Crippen molar-refractivity contribution in [1.29, 1.82) is 0 Å². The van der Waals surface area contributed by atoms with Crippen molar-refractivity contribution in [2.24, 2.45) is 5.16 Å². The van der Waals surface area contributed by atoms with Gasteiger partial charge in [0.05, 0.1) is 25.4 Å². The molecule has 1 aliphatic carbocycles. The fourth-order valence-electron chi connectivity index (χ4n) is 3.26. The molecule has 0 aromatic carbocycles. The molecule has 4 rings (SSSR count). The Bertz CT molecular complexity index is 1280. The van der Waals surface area contributed by atoms with E-state index in [2.05, 4.69) is 36.3 Å². The number of rotatable bonds is 10. The number of aromatic nitrogens is 4. The number of β-lactam (4-membered cyclic amide) rings is 1. The second kappa shape index (κ2) is 10.3. The summed E-state index contributed by atoms with van der Waals surface area (Å²) in [6.07, 6.45) is 1.04. The highest BCUT2D eigenvalue weighted by molar-refractivity contribution is 7.14. The number of aliphatic carboxylic acids is 1. The number of aliphatic hydroxyl groups is 1. The van der Waals surface area contributed by atoms with Crippen LogP contribution in [0.1, 0.15) is 45.0 Å². The van der Waals surface area contributed by atoms with Gasteiger partial charge >= 0.3 is 12.1 Å². The van der Waals surface area contributed by atoms with Crippen LogP contribution in [0.15, 0.2) is 16.7 Å². The Morgan fingerprint density at radius 2 is 2.08 bits per heavy atom. The van der Waals surface area contributed by atoms with Crippen molar-refractivity contribution in [3.8, 4) is 0 Å². The van der Waals surface area contributed by atoms with Crippen molar-refractivity contribution in [1.82, 2.24) is 30.6 Å². The fourth-order valence-corrected chi connectivity index (χ4v) is 3.95. The van der Waals surface area contributed by atoms with Crippen LogP contribution in [0, 0.1) is 0 Å². The van der Waals surface area contributed by atoms with E-state index in [9.17, 15) is 24.3 Å². The van der Waals surface area contributed by atoms with Gasteiger partial charge in [0.25, 0.3) is 5.91 Å². The van der Waals surface area contributed by atoms with Gasteiger partial charge in [-0.15, -0.1) is 11.3 Å². The normalized spacial score (nSPS) is 20.1. The lowest BCUT2D eigenvalue weighted by Crippen LogP contribution is -2.70. The molecule has 0 bridgehead atoms. The van der Waals surface area contributed by atoms with E-state index in [1.54, 1.807) is 20.8 Å². The molecule has 17 heteroatoms. The Morgan fingerprint density at radius 1 is 1.34 bits per heavy atom. The van der Waals surface area contributed by atoms with Gasteiger partial charge in [0.2, 0.25) is 11.5 Å². The molecule has 1 aliphatic heterocycles. The molecule has 3 heterocycles. The van der Waals surface area contributed by atoms with Crippen molar-refractivity contribution in [2.45, 2.75) is 70.1 Å². The SMILES string of the molecule is CC(C)(C)OC(=O)Nc1nc(/C(=N/OC2(C(=O)O)CC2)C(=O)N[C@@H]2C(=O)N[C@@H]2Cn2ncc(CO)n2)cs1. The molecule has 0 radical (unpaired) electrons. The highest BCUT2D eigenvalue weighted by Crippen LogP contribution is 2.40. The van der Waals surface area contributed by atoms with Gasteiger partial charge in [-0.3, -0.25) is 14.9 Å². The topological polar surface area (TPSA) is 219 Å². The summed E-state index contributed by atoms with van der Waals surface area (Å²) in [4.78, 5) is 59.7. The number of oxime groups is 1. The molecule has 1 saturated carbocycles. The summed E-state index contributed by atoms with van der Waals surface area (Å²) in [6, 6.07) is -1.55. The summed E-state index contributed by atoms with van der Waals surface area (Å²) in [5, 5.41) is 39.5. The van der Waals surface area contributed by atoms with Crippen LogP contribution in [0.2, 0.25) is 0 Å². The first-order valence-corrected chi connectivity index (χ1v) is 12.3. The van der Waals surface area contributed by atoms with E-state index in [1.807, 2.05) is 0 Å². The van der Waals surface area contributed by atoms with Crippen LogP contribution in [0.25, 0.3) is 0 Å². The lowest BCUT2D eigenvalue weighted by atomic mass is 9.98. The zero-order valence-electron chi connectivity index (χ0n) is 20.6. The third kappa shape index (κ3) is 6.23. The van der Waals surface area contributed by atoms with Gasteiger partial charge < -0.3 is 30.4 Å². The van der Waals surface area contributed by atoms with Gasteiger partial charge in [-0.25, -0.2) is 14.6 Å². The number of hydrogen-bond donors (Lipinski definition) is 5. The standard InChI is InChI=1S/C21H26N8O8S/c1-20(2,3)36-19(35)26-18-24-12(9-38-18)14(28-37-21(4-5-21)17(33)34)16(32)25-13-11(23-15(13)31)7-29-22-6-10(8-30)27-29/h6,9,11,13,30H,4-5,7-8H2,1-3H3,(H,23,31)(H,25,32)(H,33,34)(H,24,26,35)/b28-14-/t11-,13+/m1/s1. The van der Waals surface area contributed by atoms with Gasteiger partial charge in [0.1, 0.15) is 23.0 Å². The van der Waals surface area contributed by atoms with E-state index in [0.717, 1.165) is 11.3 Å². The maximum atomic E-state index is 13.2. The van der Waals surface area contributed by atoms with Gasteiger partial charge in [-0.2, -0.15) is 15.0 Å². The molecule has 2 fully saturated rings. The zero-order chi connectivity index (χ0) is 27.7. The van der Waals surface area contributed by atoms with Crippen molar-refractivity contribution < 1.29 is 39.0 Å². The van der Waals surface area contributed by atoms with E-state index < -0.39 is 47.2 Å². The van der Waals surface area contributed by atoms with E-state index in [4.69, 9.17) is 14.7 Å². The number of carboxylic acid groups (broad SMARTS) is 1. The smallest absolute Gasteiger partial charge is 0.413 e. The molecule has 38 heavy (non-hydrogen) atoms. The number of hydrogen-bond acceptors (Lipinski definition) is 12. The number of carboxylic acids is 1. The number of aliphatic hydroxyl groups excluding tert-OH is 1. The number of anilines is 1. The van der Waals surface area contributed by atoms with Crippen molar-refractivity contribution in [3.05, 3.63) is 23.0 Å². The lowest BCUT2D eigenvalue weighted by Gasteiger charge is -2.36. The first kappa shape index (κ1) is 26.9. The molecule has 5 N–H and O–H groups in total. The Labute approximate surface area is 219 Å². The number of carbonyl (C=O) groups is 4. The van der Waals surface area contributed by atoms with Crippen molar-refractivity contribution >= 4 is 46.1 Å². The van der Waals surface area contributed by atoms with Crippen LogP contribution in [-0.4, -0.2) is 83.1 Å². The molecule has 3 amide bonds. The van der Waals surface area contributed by atoms with Crippen LogP contribution in [-0.2, 0) is 37.1 Å². The van der Waals surface area contributed by atoms with E-state index in [0.29, 0.717) is 5.69 Å². The second-order valence-corrected chi connectivity index (χ2v) is 10.5. The molecule has 2 aromatic rings. The van der Waals surface area contributed by atoms with Crippen molar-refractivity contribution in [2.75, 3.05) is 5.32 Å². The van der Waals surface area contributed by atoms with Gasteiger partial charge in [0, 0.05) is 18.2 Å². The Balaban J connectivity index is 1.50. The van der Waals surface area contributed by atoms with E-state index in [1.165, 1.54) is 16.4 Å². The predicted molar refractivity (Wildman–Crippen MR) is 129 cm³/mol. The average molecular weight is 551 g/mol. The number of ether oxygens (including phenoxy) is 1. The molecule has 2 aliphatic rings. The summed E-state index contributed by atoms with van der Waals surface area (Å²) in [5.74, 6) is -2.54. The van der Waals surface area contributed by atoms with E-state index >= 15 is 0 Å². The maximum absolute atomic E-state index is 13.2. The second-order valence-electron chi connectivity index (χ2n) is 9.61. The average Bonchev–Trinajstić information content (AvgIpc) is 3.26. The summed E-state index contributed by atoms with van der Waals surface area (Å²) in [5.41, 5.74) is -2.34. The summed E-state index contributed by atoms with van der Waals surface area (Å²) >= 11 is 0.975. The highest BCUT2D eigenvalue weighted by Gasteiger charge is 2.55. The van der Waals surface area contributed by atoms with Crippen LogP contribution in [0.3, 0.4) is 0 Å². The minimum atomic E-state index is -1.54. The van der Waals surface area contributed by atoms with Crippen LogP contribution >= 0.6 is 11.3 Å². The molecule has 2 atom stereocenters. The van der Waals surface area contributed by atoms with Gasteiger partial charge in [0.15, 0.2) is 10.8 Å². The Kier molecular flexibility index (Phi) is 7.32. The molecule has 204 valence electrons. The lowest BCUT2D eigenvalue weighted by molar-refractivity contribution is -0.153. The maximum Gasteiger partial charge on any atom is 0.413 e. The Morgan fingerprint density at radius 3 is 2.66 bits per heavy atom. The molecule has 2 aromatic heterocycles. The van der Waals surface area contributed by atoms with Crippen molar-refractivity contribution in [3.63, 3.8) is 0 Å². The quantitative estimate of drug-likeness (QED) is 0.145. The number of nitrogens with one attached hydrogen (secondary N) is 3. The van der Waals surface area contributed by atoms with Crippen LogP contribution in [0.4, 0.5) is 9.93 Å². The minimum absolute atomic E-state index is 0.0163. The van der Waals surface area contributed by atoms with Crippen LogP contribution < -0.4 is 16.0 Å². The van der Waals surface area contributed by atoms with Gasteiger partial charge in [-0.1, -0.05) is 5.16 Å². The fraction of sp³-hybridized carbons (Fsp3) is 0.524.